The molecule has 0 aliphatic rings. The number of nitrogens with zero attached hydrogens (tertiary/aromatic N) is 4. The van der Waals surface area contributed by atoms with Gasteiger partial charge < -0.3 is 9.84 Å². The van der Waals surface area contributed by atoms with Crippen LogP contribution in [0, 0.1) is 0 Å². The van der Waals surface area contributed by atoms with Crippen LogP contribution in [0.15, 0.2) is 58.7 Å². The second kappa shape index (κ2) is 8.93. The molecule has 0 aliphatic heterocycles. The van der Waals surface area contributed by atoms with Crippen LogP contribution >= 0.6 is 22.9 Å². The number of pyridine rings is 1. The van der Waals surface area contributed by atoms with Crippen LogP contribution < -0.4 is 5.32 Å². The summed E-state index contributed by atoms with van der Waals surface area (Å²) in [5.74, 6) is 0.791. The zero-order valence-corrected chi connectivity index (χ0v) is 16.8. The fraction of sp³-hybridized carbons (Fsp3) is 0.150. The third-order valence-corrected chi connectivity index (χ3v) is 5.20. The molecule has 4 rings (SSSR count). The standard InChI is InChI=1S/C20H16ClN5O2S/c21-15-3-1-14(2-4-15)20-25-18(28-26-20)6-5-17(27)23-11-19-24-16(12-29-19)13-7-9-22-10-8-13/h1-4,7-10,12H,5-6,11H2,(H,23,27). The van der Waals surface area contributed by atoms with Gasteiger partial charge in [0.25, 0.3) is 0 Å². The molecule has 3 aromatic heterocycles. The number of thiazole rings is 1. The Morgan fingerprint density at radius 2 is 1.86 bits per heavy atom. The van der Waals surface area contributed by atoms with Crippen LogP contribution in [0.25, 0.3) is 22.6 Å². The number of aryl methyl sites for hydroxylation is 1. The molecule has 0 radical (unpaired) electrons. The molecule has 9 heteroatoms. The van der Waals surface area contributed by atoms with Crippen molar-refractivity contribution >= 4 is 28.8 Å². The Kier molecular flexibility index (Phi) is 5.92. The molecule has 146 valence electrons. The Hall–Kier alpha value is -3.10. The van der Waals surface area contributed by atoms with Crippen molar-refractivity contribution in [2.24, 2.45) is 0 Å². The van der Waals surface area contributed by atoms with Gasteiger partial charge in [-0.2, -0.15) is 4.98 Å². The predicted octanol–water partition coefficient (Wildman–Crippen LogP) is 4.16. The van der Waals surface area contributed by atoms with E-state index in [0.717, 1.165) is 21.8 Å². The highest BCUT2D eigenvalue weighted by Crippen LogP contribution is 2.21. The van der Waals surface area contributed by atoms with Crippen LogP contribution in [-0.2, 0) is 17.8 Å². The van der Waals surface area contributed by atoms with Crippen LogP contribution in [0.3, 0.4) is 0 Å². The highest BCUT2D eigenvalue weighted by atomic mass is 35.5. The summed E-state index contributed by atoms with van der Waals surface area (Å²) in [6.07, 6.45) is 4.08. The average molecular weight is 426 g/mol. The zero-order chi connectivity index (χ0) is 20.1. The maximum Gasteiger partial charge on any atom is 0.227 e. The highest BCUT2D eigenvalue weighted by molar-refractivity contribution is 7.09. The number of nitrogens with one attached hydrogen (secondary N) is 1. The van der Waals surface area contributed by atoms with Crippen LogP contribution in [-0.4, -0.2) is 26.0 Å². The summed E-state index contributed by atoms with van der Waals surface area (Å²) in [5, 5.41) is 10.3. The highest BCUT2D eigenvalue weighted by Gasteiger charge is 2.11. The van der Waals surface area contributed by atoms with Gasteiger partial charge in [0, 0.05) is 46.8 Å². The van der Waals surface area contributed by atoms with Gasteiger partial charge in [-0.05, 0) is 36.4 Å². The van der Waals surface area contributed by atoms with Crippen molar-refractivity contribution in [1.29, 1.82) is 0 Å². The number of aromatic nitrogens is 4. The summed E-state index contributed by atoms with van der Waals surface area (Å²) in [7, 11) is 0. The quantitative estimate of drug-likeness (QED) is 0.478. The van der Waals surface area contributed by atoms with Crippen LogP contribution in [0.2, 0.25) is 5.02 Å². The SMILES string of the molecule is O=C(CCc1nc(-c2ccc(Cl)cc2)no1)NCc1nc(-c2ccncc2)cs1. The first-order valence-electron chi connectivity index (χ1n) is 8.87. The smallest absolute Gasteiger partial charge is 0.227 e. The van der Waals surface area contributed by atoms with Gasteiger partial charge in [0.2, 0.25) is 17.6 Å². The average Bonchev–Trinajstić information content (AvgIpc) is 3.42. The third kappa shape index (κ3) is 5.04. The summed E-state index contributed by atoms with van der Waals surface area (Å²) in [4.78, 5) is 25.0. The molecule has 0 bridgehead atoms. The number of carbonyl (C=O) groups is 1. The Morgan fingerprint density at radius 1 is 1.07 bits per heavy atom. The van der Waals surface area contributed by atoms with Crippen molar-refractivity contribution in [2.45, 2.75) is 19.4 Å². The topological polar surface area (TPSA) is 93.8 Å². The number of carbonyl (C=O) groups excluding carboxylic acids is 1. The van der Waals surface area contributed by atoms with Gasteiger partial charge in [-0.15, -0.1) is 11.3 Å². The largest absolute Gasteiger partial charge is 0.350 e. The van der Waals surface area contributed by atoms with Crippen LogP contribution in [0.1, 0.15) is 17.3 Å². The monoisotopic (exact) mass is 425 g/mol. The first-order valence-corrected chi connectivity index (χ1v) is 10.1. The molecule has 0 spiro atoms. The number of hydrogen-bond acceptors (Lipinski definition) is 7. The van der Waals surface area contributed by atoms with E-state index in [2.05, 4.69) is 25.4 Å². The van der Waals surface area contributed by atoms with Gasteiger partial charge in [-0.25, -0.2) is 4.98 Å². The fourth-order valence-corrected chi connectivity index (χ4v) is 3.47. The summed E-state index contributed by atoms with van der Waals surface area (Å²) in [6.45, 7) is 0.383. The molecule has 0 saturated carbocycles. The molecule has 3 heterocycles. The van der Waals surface area contributed by atoms with E-state index in [1.807, 2.05) is 29.6 Å². The Labute approximate surface area is 175 Å². The van der Waals surface area contributed by atoms with Gasteiger partial charge in [0.05, 0.1) is 12.2 Å². The fourth-order valence-electron chi connectivity index (χ4n) is 2.60. The van der Waals surface area contributed by atoms with Crippen molar-refractivity contribution in [1.82, 2.24) is 25.4 Å². The van der Waals surface area contributed by atoms with Gasteiger partial charge in [-0.3, -0.25) is 9.78 Å². The molecule has 1 amide bonds. The van der Waals surface area contributed by atoms with Crippen molar-refractivity contribution < 1.29 is 9.32 Å². The number of hydrogen-bond donors (Lipinski definition) is 1. The Morgan fingerprint density at radius 3 is 2.66 bits per heavy atom. The Bertz CT molecular complexity index is 1100. The van der Waals surface area contributed by atoms with E-state index in [9.17, 15) is 4.79 Å². The van der Waals surface area contributed by atoms with Gasteiger partial charge in [0.1, 0.15) is 5.01 Å². The maximum atomic E-state index is 12.1. The zero-order valence-electron chi connectivity index (χ0n) is 15.2. The van der Waals surface area contributed by atoms with Crippen molar-refractivity contribution in [3.8, 4) is 22.6 Å². The molecule has 29 heavy (non-hydrogen) atoms. The van der Waals surface area contributed by atoms with Gasteiger partial charge >= 0.3 is 0 Å². The normalized spacial score (nSPS) is 10.8. The minimum atomic E-state index is -0.100. The lowest BCUT2D eigenvalue weighted by Crippen LogP contribution is -2.22. The van der Waals surface area contributed by atoms with Crippen molar-refractivity contribution in [3.05, 3.63) is 70.1 Å². The van der Waals surface area contributed by atoms with Crippen molar-refractivity contribution in [2.75, 3.05) is 0 Å². The second-order valence-corrected chi connectivity index (χ2v) is 7.54. The van der Waals surface area contributed by atoms with Crippen LogP contribution in [0.5, 0.6) is 0 Å². The molecule has 0 saturated heterocycles. The molecule has 7 nitrogen and oxygen atoms in total. The molecule has 1 N–H and O–H groups in total. The molecule has 1 aromatic carbocycles. The predicted molar refractivity (Wildman–Crippen MR) is 110 cm³/mol. The molecule has 4 aromatic rings. The molecule has 0 fully saturated rings. The molecular weight excluding hydrogens is 410 g/mol. The lowest BCUT2D eigenvalue weighted by atomic mass is 10.2. The number of rotatable bonds is 7. The summed E-state index contributed by atoms with van der Waals surface area (Å²) in [5.41, 5.74) is 2.69. The van der Waals surface area contributed by atoms with Gasteiger partial charge in [0.15, 0.2) is 0 Å². The van der Waals surface area contributed by atoms with E-state index >= 15 is 0 Å². The number of halogens is 1. The molecular formula is C20H16ClN5O2S. The first-order chi connectivity index (χ1) is 14.2. The number of amides is 1. The Balaban J connectivity index is 1.27. The third-order valence-electron chi connectivity index (χ3n) is 4.10. The van der Waals surface area contributed by atoms with Crippen LogP contribution in [0.4, 0.5) is 0 Å². The maximum absolute atomic E-state index is 12.1. The number of benzene rings is 1. The van der Waals surface area contributed by atoms with Crippen molar-refractivity contribution in [3.63, 3.8) is 0 Å². The molecule has 0 aliphatic carbocycles. The van der Waals surface area contributed by atoms with E-state index in [-0.39, 0.29) is 12.3 Å². The van der Waals surface area contributed by atoms with Gasteiger partial charge in [-0.1, -0.05) is 16.8 Å². The minimum Gasteiger partial charge on any atom is -0.350 e. The molecule has 0 atom stereocenters. The van der Waals surface area contributed by atoms with E-state index in [1.54, 1.807) is 24.5 Å². The summed E-state index contributed by atoms with van der Waals surface area (Å²) < 4.78 is 5.23. The summed E-state index contributed by atoms with van der Waals surface area (Å²) in [6, 6.07) is 11.0. The lowest BCUT2D eigenvalue weighted by Gasteiger charge is -2.01. The van der Waals surface area contributed by atoms with E-state index in [4.69, 9.17) is 16.1 Å². The first kappa shape index (κ1) is 19.2. The minimum absolute atomic E-state index is 0.100. The second-order valence-electron chi connectivity index (χ2n) is 6.16. The summed E-state index contributed by atoms with van der Waals surface area (Å²) >= 11 is 7.39. The lowest BCUT2D eigenvalue weighted by molar-refractivity contribution is -0.121. The van der Waals surface area contributed by atoms with E-state index in [0.29, 0.717) is 29.7 Å². The molecule has 0 unspecified atom stereocenters. The van der Waals surface area contributed by atoms with E-state index < -0.39 is 0 Å². The van der Waals surface area contributed by atoms with E-state index in [1.165, 1.54) is 11.3 Å².